The second kappa shape index (κ2) is 8.93. The van der Waals surface area contributed by atoms with Crippen LogP contribution in [0.15, 0.2) is 0 Å². The van der Waals surface area contributed by atoms with E-state index < -0.39 is 0 Å². The summed E-state index contributed by atoms with van der Waals surface area (Å²) in [4.78, 5) is 2.70. The van der Waals surface area contributed by atoms with Crippen LogP contribution in [-0.2, 0) is 0 Å². The molecular formula is C15H32N2. The third-order valence-electron chi connectivity index (χ3n) is 3.98. The molecule has 1 aliphatic rings. The minimum atomic E-state index is 0.714. The molecule has 0 aromatic carbocycles. The molecule has 0 unspecified atom stereocenters. The van der Waals surface area contributed by atoms with E-state index in [4.69, 9.17) is 0 Å². The topological polar surface area (TPSA) is 15.3 Å². The minimum absolute atomic E-state index is 0.714. The zero-order valence-corrected chi connectivity index (χ0v) is 12.2. The van der Waals surface area contributed by atoms with E-state index >= 15 is 0 Å². The lowest BCUT2D eigenvalue weighted by atomic mass is 9.97. The zero-order chi connectivity index (χ0) is 12.5. The van der Waals surface area contributed by atoms with Crippen molar-refractivity contribution in [2.75, 3.05) is 26.2 Å². The molecule has 0 aromatic rings. The van der Waals surface area contributed by atoms with Crippen molar-refractivity contribution in [1.82, 2.24) is 10.2 Å². The molecule has 1 heterocycles. The van der Waals surface area contributed by atoms with Crippen LogP contribution in [0.3, 0.4) is 0 Å². The highest BCUT2D eigenvalue weighted by Crippen LogP contribution is 2.15. The molecule has 0 atom stereocenters. The van der Waals surface area contributed by atoms with Crippen LogP contribution in [0.4, 0.5) is 0 Å². The highest BCUT2D eigenvalue weighted by molar-refractivity contribution is 4.74. The molecule has 17 heavy (non-hydrogen) atoms. The molecule has 1 aliphatic heterocycles. The number of rotatable bonds is 8. The van der Waals surface area contributed by atoms with Crippen molar-refractivity contribution in [3.63, 3.8) is 0 Å². The quantitative estimate of drug-likeness (QED) is 0.655. The second-order valence-corrected chi connectivity index (χ2v) is 5.84. The van der Waals surface area contributed by atoms with Crippen molar-refractivity contribution < 1.29 is 0 Å². The molecule has 1 N–H and O–H groups in total. The largest absolute Gasteiger partial charge is 0.317 e. The molecule has 0 bridgehead atoms. The molecule has 0 aliphatic carbocycles. The number of unbranched alkanes of at least 4 members (excludes halogenated alkanes) is 3. The van der Waals surface area contributed by atoms with Crippen LogP contribution < -0.4 is 5.32 Å². The molecule has 0 saturated carbocycles. The van der Waals surface area contributed by atoms with E-state index in [1.807, 2.05) is 0 Å². The molecule has 2 heteroatoms. The molecule has 0 amide bonds. The maximum atomic E-state index is 3.46. The van der Waals surface area contributed by atoms with Gasteiger partial charge in [0.05, 0.1) is 0 Å². The summed E-state index contributed by atoms with van der Waals surface area (Å²) in [5.74, 6) is 0.935. The van der Waals surface area contributed by atoms with Crippen LogP contribution in [0.25, 0.3) is 0 Å². The Bertz CT molecular complexity index is 174. The van der Waals surface area contributed by atoms with Crippen LogP contribution in [0, 0.1) is 5.92 Å². The van der Waals surface area contributed by atoms with Gasteiger partial charge in [-0.3, -0.25) is 0 Å². The molecule has 0 radical (unpaired) electrons. The Hall–Kier alpha value is -0.0800. The van der Waals surface area contributed by atoms with Gasteiger partial charge in [0.25, 0.3) is 0 Å². The summed E-state index contributed by atoms with van der Waals surface area (Å²) in [6, 6.07) is 0.714. The van der Waals surface area contributed by atoms with Crippen molar-refractivity contribution in [2.24, 2.45) is 5.92 Å². The van der Waals surface area contributed by atoms with E-state index in [0.717, 1.165) is 5.92 Å². The standard InChI is InChI=1S/C15H32N2/c1-4-5-6-7-12-17(14(2)3)13-15-8-10-16-11-9-15/h14-16H,4-13H2,1-3H3. The van der Waals surface area contributed by atoms with Gasteiger partial charge in [0.15, 0.2) is 0 Å². The normalized spacial score (nSPS) is 18.2. The van der Waals surface area contributed by atoms with Crippen LogP contribution in [0.1, 0.15) is 59.3 Å². The fourth-order valence-electron chi connectivity index (χ4n) is 2.70. The van der Waals surface area contributed by atoms with Gasteiger partial charge in [-0.15, -0.1) is 0 Å². The van der Waals surface area contributed by atoms with Crippen molar-refractivity contribution in [3.05, 3.63) is 0 Å². The summed E-state index contributed by atoms with van der Waals surface area (Å²) in [6.07, 6.45) is 8.29. The molecule has 1 saturated heterocycles. The minimum Gasteiger partial charge on any atom is -0.317 e. The lowest BCUT2D eigenvalue weighted by Gasteiger charge is -2.32. The van der Waals surface area contributed by atoms with Crippen molar-refractivity contribution in [3.8, 4) is 0 Å². The number of nitrogens with one attached hydrogen (secondary N) is 1. The average Bonchev–Trinajstić information content (AvgIpc) is 2.34. The fraction of sp³-hybridized carbons (Fsp3) is 1.00. The lowest BCUT2D eigenvalue weighted by Crippen LogP contribution is -2.39. The van der Waals surface area contributed by atoms with Gasteiger partial charge in [-0.25, -0.2) is 0 Å². The van der Waals surface area contributed by atoms with Gasteiger partial charge < -0.3 is 10.2 Å². The Morgan fingerprint density at radius 1 is 1.12 bits per heavy atom. The highest BCUT2D eigenvalue weighted by Gasteiger charge is 2.18. The Morgan fingerprint density at radius 2 is 1.82 bits per heavy atom. The third-order valence-corrected chi connectivity index (χ3v) is 3.98. The van der Waals surface area contributed by atoms with E-state index in [0.29, 0.717) is 6.04 Å². The van der Waals surface area contributed by atoms with Crippen LogP contribution >= 0.6 is 0 Å². The Balaban J connectivity index is 2.21. The predicted octanol–water partition coefficient (Wildman–Crippen LogP) is 3.28. The zero-order valence-electron chi connectivity index (χ0n) is 12.2. The number of hydrogen-bond acceptors (Lipinski definition) is 2. The molecule has 102 valence electrons. The van der Waals surface area contributed by atoms with E-state index in [1.165, 1.54) is 64.7 Å². The van der Waals surface area contributed by atoms with Gasteiger partial charge in [0, 0.05) is 12.6 Å². The molecule has 1 rings (SSSR count). The average molecular weight is 240 g/mol. The predicted molar refractivity (Wildman–Crippen MR) is 76.4 cm³/mol. The first-order valence-corrected chi connectivity index (χ1v) is 7.68. The maximum Gasteiger partial charge on any atom is 0.00387 e. The van der Waals surface area contributed by atoms with Crippen LogP contribution in [0.2, 0.25) is 0 Å². The van der Waals surface area contributed by atoms with Crippen molar-refractivity contribution in [1.29, 1.82) is 0 Å². The first-order valence-electron chi connectivity index (χ1n) is 7.68. The summed E-state index contributed by atoms with van der Waals surface area (Å²) < 4.78 is 0. The Labute approximate surface area is 108 Å². The summed E-state index contributed by atoms with van der Waals surface area (Å²) in [5, 5.41) is 3.46. The van der Waals surface area contributed by atoms with E-state index in [9.17, 15) is 0 Å². The van der Waals surface area contributed by atoms with Gasteiger partial charge in [0.2, 0.25) is 0 Å². The molecule has 0 spiro atoms. The molecule has 0 aromatic heterocycles. The van der Waals surface area contributed by atoms with E-state index in [-0.39, 0.29) is 0 Å². The number of hydrogen-bond donors (Lipinski definition) is 1. The van der Waals surface area contributed by atoms with Crippen molar-refractivity contribution in [2.45, 2.75) is 65.3 Å². The Morgan fingerprint density at radius 3 is 2.41 bits per heavy atom. The molecular weight excluding hydrogens is 208 g/mol. The summed E-state index contributed by atoms with van der Waals surface area (Å²) in [6.45, 7) is 12.1. The molecule has 1 fully saturated rings. The van der Waals surface area contributed by atoms with Gasteiger partial charge in [-0.1, -0.05) is 26.2 Å². The Kier molecular flexibility index (Phi) is 7.87. The number of piperidine rings is 1. The van der Waals surface area contributed by atoms with Crippen LogP contribution in [-0.4, -0.2) is 37.1 Å². The first kappa shape index (κ1) is 15.0. The fourth-order valence-corrected chi connectivity index (χ4v) is 2.70. The van der Waals surface area contributed by atoms with Gasteiger partial charge in [-0.05, 0) is 58.7 Å². The summed E-state index contributed by atoms with van der Waals surface area (Å²) in [5.41, 5.74) is 0. The van der Waals surface area contributed by atoms with Crippen molar-refractivity contribution >= 4 is 0 Å². The van der Waals surface area contributed by atoms with Gasteiger partial charge in [-0.2, -0.15) is 0 Å². The third kappa shape index (κ3) is 6.42. The SMILES string of the molecule is CCCCCCN(CC1CCNCC1)C(C)C. The monoisotopic (exact) mass is 240 g/mol. The van der Waals surface area contributed by atoms with E-state index in [2.05, 4.69) is 31.0 Å². The summed E-state index contributed by atoms with van der Waals surface area (Å²) >= 11 is 0. The molecule has 2 nitrogen and oxygen atoms in total. The highest BCUT2D eigenvalue weighted by atomic mass is 15.1. The van der Waals surface area contributed by atoms with Gasteiger partial charge in [0.1, 0.15) is 0 Å². The second-order valence-electron chi connectivity index (χ2n) is 5.84. The lowest BCUT2D eigenvalue weighted by molar-refractivity contribution is 0.166. The summed E-state index contributed by atoms with van der Waals surface area (Å²) in [7, 11) is 0. The first-order chi connectivity index (χ1) is 8.24. The van der Waals surface area contributed by atoms with E-state index in [1.54, 1.807) is 0 Å². The number of nitrogens with zero attached hydrogens (tertiary/aromatic N) is 1. The van der Waals surface area contributed by atoms with Crippen LogP contribution in [0.5, 0.6) is 0 Å². The maximum absolute atomic E-state index is 3.46. The van der Waals surface area contributed by atoms with Gasteiger partial charge >= 0.3 is 0 Å². The smallest absolute Gasteiger partial charge is 0.00387 e.